The maximum atomic E-state index is 13.0. The van der Waals surface area contributed by atoms with Crippen LogP contribution in [0.2, 0.25) is 0 Å². The van der Waals surface area contributed by atoms with E-state index in [9.17, 15) is 19.2 Å². The Bertz CT molecular complexity index is 686. The van der Waals surface area contributed by atoms with Crippen molar-refractivity contribution in [2.75, 3.05) is 13.7 Å². The first kappa shape index (κ1) is 18.6. The molecule has 1 heterocycles. The van der Waals surface area contributed by atoms with Gasteiger partial charge in [0.1, 0.15) is 0 Å². The van der Waals surface area contributed by atoms with Crippen molar-refractivity contribution in [1.82, 2.24) is 4.90 Å². The van der Waals surface area contributed by atoms with Crippen LogP contribution in [0, 0.1) is 5.41 Å². The van der Waals surface area contributed by atoms with Gasteiger partial charge in [-0.3, -0.25) is 19.2 Å². The number of ketones is 1. The van der Waals surface area contributed by atoms with Crippen LogP contribution >= 0.6 is 0 Å². The monoisotopic (exact) mass is 347 g/mol. The molecule has 7 heteroatoms. The summed E-state index contributed by atoms with van der Waals surface area (Å²) < 4.78 is 9.53. The van der Waals surface area contributed by atoms with Crippen molar-refractivity contribution >= 4 is 23.6 Å². The molecule has 0 bridgehead atoms. The number of esters is 2. The highest BCUT2D eigenvalue weighted by Gasteiger charge is 2.64. The molecule has 0 N–H and O–H groups in total. The number of nitrogens with zero attached hydrogens (tertiary/aromatic N) is 1. The minimum Gasteiger partial charge on any atom is -0.468 e. The number of likely N-dealkylation sites (tertiary alicyclic amines) is 1. The second-order valence-corrected chi connectivity index (χ2v) is 5.84. The molecule has 2 rings (SSSR count). The van der Waals surface area contributed by atoms with Gasteiger partial charge in [-0.05, 0) is 19.4 Å². The van der Waals surface area contributed by atoms with E-state index in [0.717, 1.165) is 12.7 Å². The van der Waals surface area contributed by atoms with Gasteiger partial charge in [0.2, 0.25) is 11.3 Å². The van der Waals surface area contributed by atoms with Gasteiger partial charge in [0.05, 0.1) is 26.2 Å². The van der Waals surface area contributed by atoms with Crippen LogP contribution in [0.15, 0.2) is 30.3 Å². The van der Waals surface area contributed by atoms with Crippen molar-refractivity contribution in [1.29, 1.82) is 0 Å². The van der Waals surface area contributed by atoms with Gasteiger partial charge in [-0.1, -0.05) is 30.3 Å². The maximum absolute atomic E-state index is 13.0. The topological polar surface area (TPSA) is 90.0 Å². The molecule has 0 spiro atoms. The summed E-state index contributed by atoms with van der Waals surface area (Å²) in [5.41, 5.74) is -1.36. The van der Waals surface area contributed by atoms with Gasteiger partial charge in [-0.25, -0.2) is 0 Å². The number of carbonyl (C=O) groups is 4. The van der Waals surface area contributed by atoms with E-state index in [2.05, 4.69) is 4.74 Å². The average Bonchev–Trinajstić information content (AvgIpc) is 2.78. The third kappa shape index (κ3) is 3.26. The summed E-state index contributed by atoms with van der Waals surface area (Å²) in [4.78, 5) is 51.4. The van der Waals surface area contributed by atoms with Crippen LogP contribution in [-0.4, -0.2) is 48.3 Å². The molecule has 1 saturated heterocycles. The number of rotatable bonds is 6. The lowest BCUT2D eigenvalue weighted by Crippen LogP contribution is -2.46. The Hall–Kier alpha value is -2.70. The van der Waals surface area contributed by atoms with Crippen LogP contribution in [0.5, 0.6) is 0 Å². The summed E-state index contributed by atoms with van der Waals surface area (Å²) in [6.07, 6.45) is -0.652. The zero-order valence-corrected chi connectivity index (χ0v) is 14.5. The third-order valence-corrected chi connectivity index (χ3v) is 4.34. The Morgan fingerprint density at radius 2 is 1.84 bits per heavy atom. The molecule has 0 aromatic heterocycles. The minimum atomic E-state index is -2.17. The number of benzene rings is 1. The second-order valence-electron chi connectivity index (χ2n) is 5.84. The van der Waals surface area contributed by atoms with Gasteiger partial charge in [-0.2, -0.15) is 0 Å². The molecule has 1 amide bonds. The van der Waals surface area contributed by atoms with Crippen LogP contribution in [0.4, 0.5) is 0 Å². The lowest BCUT2D eigenvalue weighted by Gasteiger charge is -2.23. The summed E-state index contributed by atoms with van der Waals surface area (Å²) >= 11 is 0. The van der Waals surface area contributed by atoms with Crippen LogP contribution in [-0.2, 0) is 35.2 Å². The number of hydrogen-bond donors (Lipinski definition) is 0. The minimum absolute atomic E-state index is 0.0851. The first-order valence-corrected chi connectivity index (χ1v) is 8.01. The molecule has 0 saturated carbocycles. The molecule has 25 heavy (non-hydrogen) atoms. The molecule has 1 fully saturated rings. The Kier molecular flexibility index (Phi) is 5.56. The average molecular weight is 347 g/mol. The van der Waals surface area contributed by atoms with Gasteiger partial charge in [0.25, 0.3) is 0 Å². The van der Waals surface area contributed by atoms with Crippen molar-refractivity contribution in [3.63, 3.8) is 0 Å². The standard InChI is InChI=1S/C18H21NO6/c1-4-25-14(20)10-18(17(23)24-3)15(21)12(2)19(16(18)22)11-13-8-6-5-7-9-13/h5-9,12H,4,10-11H2,1-3H3/t12-,18-/m1/s1. The fourth-order valence-corrected chi connectivity index (χ4v) is 3.04. The van der Waals surface area contributed by atoms with Crippen molar-refractivity contribution in [3.05, 3.63) is 35.9 Å². The van der Waals surface area contributed by atoms with Crippen molar-refractivity contribution in [3.8, 4) is 0 Å². The molecule has 7 nitrogen and oxygen atoms in total. The normalized spacial score (nSPS) is 22.8. The zero-order valence-electron chi connectivity index (χ0n) is 14.5. The summed E-state index contributed by atoms with van der Waals surface area (Å²) in [7, 11) is 1.08. The predicted molar refractivity (Wildman–Crippen MR) is 87.2 cm³/mol. The molecule has 0 aliphatic carbocycles. The van der Waals surface area contributed by atoms with E-state index in [1.54, 1.807) is 13.8 Å². The SMILES string of the molecule is CCOC(=O)C[C@@]1(C(=O)OC)C(=O)[C@@H](C)N(Cc2ccccc2)C1=O. The molecule has 134 valence electrons. The number of ether oxygens (including phenoxy) is 2. The van der Waals surface area contributed by atoms with E-state index < -0.39 is 41.5 Å². The Balaban J connectivity index is 2.39. The quantitative estimate of drug-likeness (QED) is 0.565. The number of carbonyl (C=O) groups excluding carboxylic acids is 4. The molecular formula is C18H21NO6. The molecule has 2 atom stereocenters. The highest BCUT2D eigenvalue weighted by atomic mass is 16.5. The molecule has 0 unspecified atom stereocenters. The first-order chi connectivity index (χ1) is 11.9. The molecular weight excluding hydrogens is 326 g/mol. The second kappa shape index (κ2) is 7.46. The van der Waals surface area contributed by atoms with Gasteiger partial charge >= 0.3 is 11.9 Å². The summed E-state index contributed by atoms with van der Waals surface area (Å²) in [5.74, 6) is -3.19. The van der Waals surface area contributed by atoms with Crippen LogP contribution in [0.25, 0.3) is 0 Å². The van der Waals surface area contributed by atoms with E-state index in [1.807, 2.05) is 30.3 Å². The number of hydrogen-bond acceptors (Lipinski definition) is 6. The number of methoxy groups -OCH3 is 1. The molecule has 1 aromatic carbocycles. The lowest BCUT2D eigenvalue weighted by atomic mass is 9.80. The van der Waals surface area contributed by atoms with E-state index >= 15 is 0 Å². The van der Waals surface area contributed by atoms with Crippen LogP contribution in [0.1, 0.15) is 25.8 Å². The predicted octanol–water partition coefficient (Wildman–Crippen LogP) is 1.10. The summed E-state index contributed by atoms with van der Waals surface area (Å²) in [6.45, 7) is 3.39. The molecule has 0 radical (unpaired) electrons. The van der Waals surface area contributed by atoms with Gasteiger partial charge in [0.15, 0.2) is 5.78 Å². The van der Waals surface area contributed by atoms with Crippen molar-refractivity contribution < 1.29 is 28.7 Å². The molecule has 1 aliphatic rings. The summed E-state index contributed by atoms with van der Waals surface area (Å²) in [5, 5.41) is 0. The lowest BCUT2D eigenvalue weighted by molar-refractivity contribution is -0.167. The van der Waals surface area contributed by atoms with E-state index in [-0.39, 0.29) is 13.2 Å². The van der Waals surface area contributed by atoms with Crippen LogP contribution in [0.3, 0.4) is 0 Å². The summed E-state index contributed by atoms with van der Waals surface area (Å²) in [6, 6.07) is 8.25. The van der Waals surface area contributed by atoms with Crippen LogP contribution < -0.4 is 0 Å². The fourth-order valence-electron chi connectivity index (χ4n) is 3.04. The Morgan fingerprint density at radius 3 is 2.40 bits per heavy atom. The Morgan fingerprint density at radius 1 is 1.20 bits per heavy atom. The number of Topliss-reactive ketones (excluding diaryl/α,β-unsaturated/α-hetero) is 1. The van der Waals surface area contributed by atoms with Gasteiger partial charge in [0, 0.05) is 6.54 Å². The van der Waals surface area contributed by atoms with E-state index in [0.29, 0.717) is 0 Å². The largest absolute Gasteiger partial charge is 0.468 e. The Labute approximate surface area is 145 Å². The highest BCUT2D eigenvalue weighted by Crippen LogP contribution is 2.38. The highest BCUT2D eigenvalue weighted by molar-refractivity contribution is 6.28. The fraction of sp³-hybridized carbons (Fsp3) is 0.444. The zero-order chi connectivity index (χ0) is 18.6. The maximum Gasteiger partial charge on any atom is 0.329 e. The first-order valence-electron chi connectivity index (χ1n) is 8.01. The molecule has 1 aliphatic heterocycles. The smallest absolute Gasteiger partial charge is 0.329 e. The van der Waals surface area contributed by atoms with Crippen molar-refractivity contribution in [2.45, 2.75) is 32.9 Å². The van der Waals surface area contributed by atoms with E-state index in [4.69, 9.17) is 4.74 Å². The van der Waals surface area contributed by atoms with E-state index in [1.165, 1.54) is 4.90 Å². The van der Waals surface area contributed by atoms with Gasteiger partial charge < -0.3 is 14.4 Å². The number of amides is 1. The van der Waals surface area contributed by atoms with Crippen molar-refractivity contribution in [2.24, 2.45) is 5.41 Å². The third-order valence-electron chi connectivity index (χ3n) is 4.34. The van der Waals surface area contributed by atoms with Gasteiger partial charge in [-0.15, -0.1) is 0 Å². The molecule has 1 aromatic rings.